The Morgan fingerprint density at radius 1 is 1.60 bits per heavy atom. The van der Waals surface area contributed by atoms with Crippen molar-refractivity contribution in [3.63, 3.8) is 0 Å². The van der Waals surface area contributed by atoms with Crippen LogP contribution >= 0.6 is 12.4 Å². The van der Waals surface area contributed by atoms with Crippen LogP contribution in [0.15, 0.2) is 10.6 Å². The number of anilines is 1. The largest absolute Gasteiger partial charge is 0.360 e. The van der Waals surface area contributed by atoms with Crippen molar-refractivity contribution >= 4 is 30.0 Å². The van der Waals surface area contributed by atoms with Gasteiger partial charge in [-0.2, -0.15) is 0 Å². The van der Waals surface area contributed by atoms with Crippen molar-refractivity contribution in [3.8, 4) is 0 Å². The van der Waals surface area contributed by atoms with Crippen LogP contribution in [0, 0.1) is 12.8 Å². The van der Waals surface area contributed by atoms with E-state index in [0.29, 0.717) is 18.1 Å². The lowest BCUT2D eigenvalue weighted by Gasteiger charge is -2.19. The number of amides is 2. The summed E-state index contributed by atoms with van der Waals surface area (Å²) in [7, 11) is 1.63. The highest BCUT2D eigenvalue weighted by Crippen LogP contribution is 2.11. The Labute approximate surface area is 123 Å². The van der Waals surface area contributed by atoms with Crippen LogP contribution in [0.4, 0.5) is 5.82 Å². The van der Waals surface area contributed by atoms with Gasteiger partial charge in [-0.25, -0.2) is 0 Å². The number of rotatable bonds is 4. The molecule has 1 unspecified atom stereocenters. The second-order valence-electron chi connectivity index (χ2n) is 4.76. The van der Waals surface area contributed by atoms with Gasteiger partial charge in [0.2, 0.25) is 11.8 Å². The molecule has 2 amide bonds. The zero-order valence-corrected chi connectivity index (χ0v) is 12.3. The highest BCUT2D eigenvalue weighted by Gasteiger charge is 2.26. The summed E-state index contributed by atoms with van der Waals surface area (Å²) in [4.78, 5) is 25.2. The average Bonchev–Trinajstić information content (AvgIpc) is 2.99. The molecule has 1 aromatic heterocycles. The van der Waals surface area contributed by atoms with Crippen molar-refractivity contribution in [1.82, 2.24) is 15.4 Å². The number of aromatic nitrogens is 1. The maximum atomic E-state index is 12.0. The summed E-state index contributed by atoms with van der Waals surface area (Å²) in [5.41, 5.74) is 0. The van der Waals surface area contributed by atoms with Crippen molar-refractivity contribution in [2.75, 3.05) is 32.0 Å². The second-order valence-corrected chi connectivity index (χ2v) is 4.76. The topological polar surface area (TPSA) is 87.5 Å². The third-order valence-electron chi connectivity index (χ3n) is 3.06. The van der Waals surface area contributed by atoms with Gasteiger partial charge in [0.05, 0.1) is 12.5 Å². The number of halogens is 1. The van der Waals surface area contributed by atoms with Crippen LogP contribution in [0.2, 0.25) is 0 Å². The molecule has 8 heteroatoms. The molecule has 2 heterocycles. The molecular formula is C12H19ClN4O3. The van der Waals surface area contributed by atoms with Gasteiger partial charge in [0, 0.05) is 19.7 Å². The van der Waals surface area contributed by atoms with E-state index >= 15 is 0 Å². The molecule has 1 saturated heterocycles. The van der Waals surface area contributed by atoms with Gasteiger partial charge in [-0.05, 0) is 19.9 Å². The number of hydrogen-bond acceptors (Lipinski definition) is 5. The molecular weight excluding hydrogens is 284 g/mol. The Balaban J connectivity index is 0.00000200. The average molecular weight is 303 g/mol. The molecule has 112 valence electrons. The molecule has 0 spiro atoms. The summed E-state index contributed by atoms with van der Waals surface area (Å²) in [5, 5.41) is 9.38. The first kappa shape index (κ1) is 16.5. The number of nitrogens with zero attached hydrogens (tertiary/aromatic N) is 2. The summed E-state index contributed by atoms with van der Waals surface area (Å²) >= 11 is 0. The Morgan fingerprint density at radius 3 is 2.90 bits per heavy atom. The molecule has 0 radical (unpaired) electrons. The minimum Gasteiger partial charge on any atom is -0.360 e. The zero-order chi connectivity index (χ0) is 13.8. The normalized spacial score (nSPS) is 17.4. The maximum absolute atomic E-state index is 12.0. The Hall–Kier alpha value is -1.60. The molecule has 1 aromatic rings. The molecule has 2 N–H and O–H groups in total. The maximum Gasteiger partial charge on any atom is 0.245 e. The molecule has 7 nitrogen and oxygen atoms in total. The molecule has 1 aliphatic rings. The van der Waals surface area contributed by atoms with Crippen molar-refractivity contribution in [1.29, 1.82) is 0 Å². The number of aryl methyl sites for hydroxylation is 1. The fraction of sp³-hybridized carbons (Fsp3) is 0.583. The van der Waals surface area contributed by atoms with Crippen molar-refractivity contribution in [3.05, 3.63) is 11.8 Å². The molecule has 1 atom stereocenters. The first-order valence-corrected chi connectivity index (χ1v) is 6.25. The van der Waals surface area contributed by atoms with E-state index in [0.717, 1.165) is 13.0 Å². The molecule has 0 aromatic carbocycles. The fourth-order valence-corrected chi connectivity index (χ4v) is 2.08. The Morgan fingerprint density at radius 2 is 2.35 bits per heavy atom. The molecule has 0 saturated carbocycles. The summed E-state index contributed by atoms with van der Waals surface area (Å²) in [6.07, 6.45) is 0.827. The number of carbonyl (C=O) groups excluding carboxylic acids is 2. The molecule has 0 bridgehead atoms. The van der Waals surface area contributed by atoms with E-state index in [4.69, 9.17) is 4.52 Å². The van der Waals surface area contributed by atoms with Crippen molar-refractivity contribution in [2.45, 2.75) is 13.3 Å². The van der Waals surface area contributed by atoms with E-state index in [9.17, 15) is 9.59 Å². The Bertz CT molecular complexity index is 471. The monoisotopic (exact) mass is 302 g/mol. The Kier molecular flexibility index (Phi) is 5.97. The highest BCUT2D eigenvalue weighted by molar-refractivity contribution is 5.94. The van der Waals surface area contributed by atoms with Crippen LogP contribution in [-0.2, 0) is 9.59 Å². The summed E-state index contributed by atoms with van der Waals surface area (Å²) in [6.45, 7) is 3.30. The van der Waals surface area contributed by atoms with Gasteiger partial charge in [0.1, 0.15) is 5.76 Å². The van der Waals surface area contributed by atoms with E-state index in [-0.39, 0.29) is 36.7 Å². The predicted octanol–water partition coefficient (Wildman–Crippen LogP) is 0.411. The van der Waals surface area contributed by atoms with Crippen LogP contribution < -0.4 is 10.6 Å². The van der Waals surface area contributed by atoms with Crippen LogP contribution in [0.25, 0.3) is 0 Å². The van der Waals surface area contributed by atoms with Crippen LogP contribution in [0.3, 0.4) is 0 Å². The summed E-state index contributed by atoms with van der Waals surface area (Å²) in [5.74, 6) is 0.682. The standard InChI is InChI=1S/C12H18N4O3.ClH/c1-8-5-10(15-19-8)14-11(17)7-16(2)12(18)9-3-4-13-6-9;/h5,9,13H,3-4,6-7H2,1-2H3,(H,14,15,17);1H. The highest BCUT2D eigenvalue weighted by atomic mass is 35.5. The van der Waals surface area contributed by atoms with Gasteiger partial charge in [-0.15, -0.1) is 12.4 Å². The van der Waals surface area contributed by atoms with Crippen molar-refractivity contribution < 1.29 is 14.1 Å². The van der Waals surface area contributed by atoms with Gasteiger partial charge in [0.15, 0.2) is 5.82 Å². The molecule has 1 fully saturated rings. The number of hydrogen-bond donors (Lipinski definition) is 2. The first-order chi connectivity index (χ1) is 9.06. The molecule has 20 heavy (non-hydrogen) atoms. The van der Waals surface area contributed by atoms with E-state index in [1.54, 1.807) is 20.0 Å². The minimum absolute atomic E-state index is 0. The SMILES string of the molecule is Cc1cc(NC(=O)CN(C)C(=O)C2CCNC2)no1.Cl. The number of likely N-dealkylation sites (N-methyl/N-ethyl adjacent to an activating group) is 1. The second kappa shape index (κ2) is 7.25. The van der Waals surface area contributed by atoms with Gasteiger partial charge >= 0.3 is 0 Å². The quantitative estimate of drug-likeness (QED) is 0.841. The third kappa shape index (κ3) is 4.21. The van der Waals surface area contributed by atoms with E-state index in [2.05, 4.69) is 15.8 Å². The molecule has 2 rings (SSSR count). The van der Waals surface area contributed by atoms with Gasteiger partial charge in [-0.3, -0.25) is 9.59 Å². The van der Waals surface area contributed by atoms with E-state index in [1.165, 1.54) is 4.90 Å². The third-order valence-corrected chi connectivity index (χ3v) is 3.06. The number of carbonyl (C=O) groups is 2. The van der Waals surface area contributed by atoms with Crippen LogP contribution in [0.5, 0.6) is 0 Å². The summed E-state index contributed by atoms with van der Waals surface area (Å²) < 4.78 is 4.85. The van der Waals surface area contributed by atoms with Crippen LogP contribution in [-0.4, -0.2) is 48.6 Å². The lowest BCUT2D eigenvalue weighted by atomic mass is 10.1. The molecule has 1 aliphatic heterocycles. The first-order valence-electron chi connectivity index (χ1n) is 6.25. The van der Waals surface area contributed by atoms with Gasteiger partial charge in [-0.1, -0.05) is 5.16 Å². The smallest absolute Gasteiger partial charge is 0.245 e. The van der Waals surface area contributed by atoms with E-state index < -0.39 is 0 Å². The summed E-state index contributed by atoms with van der Waals surface area (Å²) in [6, 6.07) is 1.63. The van der Waals surface area contributed by atoms with Gasteiger partial charge < -0.3 is 20.1 Å². The number of nitrogens with one attached hydrogen (secondary N) is 2. The van der Waals surface area contributed by atoms with E-state index in [1.807, 2.05) is 0 Å². The van der Waals surface area contributed by atoms with Gasteiger partial charge in [0.25, 0.3) is 0 Å². The lowest BCUT2D eigenvalue weighted by molar-refractivity contribution is -0.136. The van der Waals surface area contributed by atoms with Crippen molar-refractivity contribution in [2.24, 2.45) is 5.92 Å². The van der Waals surface area contributed by atoms with Crippen LogP contribution in [0.1, 0.15) is 12.2 Å². The zero-order valence-electron chi connectivity index (χ0n) is 11.5. The lowest BCUT2D eigenvalue weighted by Crippen LogP contribution is -2.39. The molecule has 0 aliphatic carbocycles. The minimum atomic E-state index is -0.282. The predicted molar refractivity (Wildman–Crippen MR) is 75.7 cm³/mol. The fourth-order valence-electron chi connectivity index (χ4n) is 2.08.